The van der Waals surface area contributed by atoms with Crippen molar-refractivity contribution in [3.8, 4) is 5.75 Å². The zero-order chi connectivity index (χ0) is 17.0. The van der Waals surface area contributed by atoms with E-state index in [4.69, 9.17) is 16.3 Å². The molecule has 6 heteroatoms. The molecular formula is C17H26ClNO3S. The first-order chi connectivity index (χ1) is 10.8. The molecular weight excluding hydrogens is 334 g/mol. The summed E-state index contributed by atoms with van der Waals surface area (Å²) in [7, 11) is -3.65. The normalized spacial score (nSPS) is 22.1. The van der Waals surface area contributed by atoms with E-state index in [1.807, 2.05) is 13.8 Å². The van der Waals surface area contributed by atoms with Gasteiger partial charge in [-0.05, 0) is 49.8 Å². The van der Waals surface area contributed by atoms with Crippen molar-refractivity contribution >= 4 is 21.6 Å². The SMILES string of the molecule is CCCOc1cc(C)c(Cl)cc1S(=O)(=O)N[C@H]1CCCC[C@@H]1C. The molecule has 0 heterocycles. The van der Waals surface area contributed by atoms with Crippen LogP contribution < -0.4 is 9.46 Å². The van der Waals surface area contributed by atoms with E-state index in [0.29, 0.717) is 23.3 Å². The van der Waals surface area contributed by atoms with Crippen molar-refractivity contribution in [3.63, 3.8) is 0 Å². The van der Waals surface area contributed by atoms with E-state index < -0.39 is 10.0 Å². The summed E-state index contributed by atoms with van der Waals surface area (Å²) < 4.78 is 34.2. The first-order valence-electron chi connectivity index (χ1n) is 8.30. The molecule has 1 aliphatic carbocycles. The molecule has 130 valence electrons. The van der Waals surface area contributed by atoms with E-state index in [2.05, 4.69) is 11.6 Å². The van der Waals surface area contributed by atoms with Gasteiger partial charge in [-0.1, -0.05) is 38.3 Å². The molecule has 1 saturated carbocycles. The van der Waals surface area contributed by atoms with Gasteiger partial charge in [0.1, 0.15) is 10.6 Å². The molecule has 0 spiro atoms. The molecule has 0 aliphatic heterocycles. The third-order valence-corrected chi connectivity index (χ3v) is 6.31. The van der Waals surface area contributed by atoms with Gasteiger partial charge < -0.3 is 4.74 Å². The van der Waals surface area contributed by atoms with Crippen LogP contribution in [0.15, 0.2) is 17.0 Å². The topological polar surface area (TPSA) is 55.4 Å². The van der Waals surface area contributed by atoms with Crippen molar-refractivity contribution in [1.29, 1.82) is 0 Å². The minimum Gasteiger partial charge on any atom is -0.492 e. The third-order valence-electron chi connectivity index (χ3n) is 4.39. The number of hydrogen-bond donors (Lipinski definition) is 1. The lowest BCUT2D eigenvalue weighted by molar-refractivity contribution is 0.303. The molecule has 1 aromatic rings. The fourth-order valence-corrected chi connectivity index (χ4v) is 4.69. The molecule has 2 rings (SSSR count). The van der Waals surface area contributed by atoms with Gasteiger partial charge in [-0.3, -0.25) is 0 Å². The molecule has 0 bridgehead atoms. The minimum atomic E-state index is -3.65. The summed E-state index contributed by atoms with van der Waals surface area (Å²) in [6, 6.07) is 3.18. The smallest absolute Gasteiger partial charge is 0.244 e. The fraction of sp³-hybridized carbons (Fsp3) is 0.647. The number of nitrogens with one attached hydrogen (secondary N) is 1. The number of halogens is 1. The number of hydrogen-bond acceptors (Lipinski definition) is 3. The standard InChI is InChI=1S/C17H26ClNO3S/c1-4-9-22-16-10-13(3)14(18)11-17(16)23(20,21)19-15-8-6-5-7-12(15)2/h10-12,15,19H,4-9H2,1-3H3/t12-,15-/m0/s1. The monoisotopic (exact) mass is 359 g/mol. The first-order valence-corrected chi connectivity index (χ1v) is 10.2. The average molecular weight is 360 g/mol. The Hall–Kier alpha value is -0.780. The van der Waals surface area contributed by atoms with Crippen molar-refractivity contribution in [3.05, 3.63) is 22.7 Å². The van der Waals surface area contributed by atoms with Crippen LogP contribution in [0.5, 0.6) is 5.75 Å². The van der Waals surface area contributed by atoms with E-state index in [-0.39, 0.29) is 10.9 Å². The van der Waals surface area contributed by atoms with E-state index in [1.165, 1.54) is 12.5 Å². The summed E-state index contributed by atoms with van der Waals surface area (Å²) in [5.74, 6) is 0.726. The molecule has 1 aliphatic rings. The Kier molecular flexibility index (Phi) is 6.34. The van der Waals surface area contributed by atoms with Crippen LogP contribution in [-0.2, 0) is 10.0 Å². The lowest BCUT2D eigenvalue weighted by atomic mass is 9.87. The first kappa shape index (κ1) is 18.6. The largest absolute Gasteiger partial charge is 0.492 e. The fourth-order valence-electron chi connectivity index (χ4n) is 2.93. The summed E-state index contributed by atoms with van der Waals surface area (Å²) in [6.45, 7) is 6.40. The maximum Gasteiger partial charge on any atom is 0.244 e. The Morgan fingerprint density at radius 2 is 2.00 bits per heavy atom. The third kappa shape index (κ3) is 4.61. The zero-order valence-corrected chi connectivity index (χ0v) is 15.6. The van der Waals surface area contributed by atoms with Gasteiger partial charge in [0.25, 0.3) is 0 Å². The van der Waals surface area contributed by atoms with E-state index in [1.54, 1.807) is 6.07 Å². The van der Waals surface area contributed by atoms with E-state index >= 15 is 0 Å². The molecule has 1 N–H and O–H groups in total. The molecule has 4 nitrogen and oxygen atoms in total. The predicted octanol–water partition coefficient (Wildman–Crippen LogP) is 4.29. The Morgan fingerprint density at radius 1 is 1.30 bits per heavy atom. The molecule has 0 aromatic heterocycles. The predicted molar refractivity (Wildman–Crippen MR) is 93.7 cm³/mol. The summed E-state index contributed by atoms with van der Waals surface area (Å²) in [6.07, 6.45) is 4.98. The van der Waals surface area contributed by atoms with Crippen molar-refractivity contribution in [2.75, 3.05) is 6.61 Å². The Balaban J connectivity index is 2.31. The molecule has 0 radical (unpaired) electrons. The van der Waals surface area contributed by atoms with Gasteiger partial charge in [0.05, 0.1) is 6.61 Å². The lowest BCUT2D eigenvalue weighted by Crippen LogP contribution is -2.41. The van der Waals surface area contributed by atoms with Crippen molar-refractivity contribution in [2.45, 2.75) is 63.8 Å². The molecule has 1 aromatic carbocycles. The van der Waals surface area contributed by atoms with Gasteiger partial charge >= 0.3 is 0 Å². The molecule has 1 fully saturated rings. The van der Waals surface area contributed by atoms with Gasteiger partial charge in [0.15, 0.2) is 0 Å². The van der Waals surface area contributed by atoms with E-state index in [0.717, 1.165) is 31.2 Å². The maximum atomic E-state index is 12.8. The maximum absolute atomic E-state index is 12.8. The minimum absolute atomic E-state index is 0.0205. The van der Waals surface area contributed by atoms with Gasteiger partial charge in [0.2, 0.25) is 10.0 Å². The van der Waals surface area contributed by atoms with Crippen LogP contribution in [0.25, 0.3) is 0 Å². The van der Waals surface area contributed by atoms with Gasteiger partial charge in [-0.2, -0.15) is 0 Å². The second-order valence-corrected chi connectivity index (χ2v) is 8.48. The number of sulfonamides is 1. The molecule has 23 heavy (non-hydrogen) atoms. The van der Waals surface area contributed by atoms with Crippen LogP contribution in [0.4, 0.5) is 0 Å². The van der Waals surface area contributed by atoms with Crippen LogP contribution >= 0.6 is 11.6 Å². The number of rotatable bonds is 6. The van der Waals surface area contributed by atoms with Gasteiger partial charge in [0, 0.05) is 11.1 Å². The summed E-state index contributed by atoms with van der Waals surface area (Å²) in [5.41, 5.74) is 0.808. The molecule has 0 unspecified atom stereocenters. The quantitative estimate of drug-likeness (QED) is 0.824. The second kappa shape index (κ2) is 7.86. The van der Waals surface area contributed by atoms with Crippen molar-refractivity contribution in [2.24, 2.45) is 5.92 Å². The van der Waals surface area contributed by atoms with Crippen LogP contribution in [0, 0.1) is 12.8 Å². The lowest BCUT2D eigenvalue weighted by Gasteiger charge is -2.29. The van der Waals surface area contributed by atoms with Gasteiger partial charge in [-0.15, -0.1) is 0 Å². The highest BCUT2D eigenvalue weighted by atomic mass is 35.5. The second-order valence-electron chi connectivity index (χ2n) is 6.39. The number of aryl methyl sites for hydroxylation is 1. The molecule has 0 saturated heterocycles. The highest BCUT2D eigenvalue weighted by molar-refractivity contribution is 7.89. The van der Waals surface area contributed by atoms with Crippen molar-refractivity contribution in [1.82, 2.24) is 4.72 Å². The zero-order valence-electron chi connectivity index (χ0n) is 14.1. The Labute approximate surface area is 144 Å². The number of ether oxygens (including phenoxy) is 1. The molecule has 0 amide bonds. The summed E-state index contributed by atoms with van der Waals surface area (Å²) in [4.78, 5) is 0.138. The van der Waals surface area contributed by atoms with Gasteiger partial charge in [-0.25, -0.2) is 13.1 Å². The Bertz CT molecular complexity index is 645. The van der Waals surface area contributed by atoms with Crippen LogP contribution in [0.2, 0.25) is 5.02 Å². The average Bonchev–Trinajstić information content (AvgIpc) is 2.50. The highest BCUT2D eigenvalue weighted by Crippen LogP contribution is 2.32. The summed E-state index contributed by atoms with van der Waals surface area (Å²) >= 11 is 6.15. The van der Waals surface area contributed by atoms with Crippen LogP contribution in [0.1, 0.15) is 51.5 Å². The molecule has 2 atom stereocenters. The van der Waals surface area contributed by atoms with Crippen LogP contribution in [0.3, 0.4) is 0 Å². The van der Waals surface area contributed by atoms with Crippen LogP contribution in [-0.4, -0.2) is 21.1 Å². The Morgan fingerprint density at radius 3 is 2.65 bits per heavy atom. The van der Waals surface area contributed by atoms with E-state index in [9.17, 15) is 8.42 Å². The highest BCUT2D eigenvalue weighted by Gasteiger charge is 2.29. The van der Waals surface area contributed by atoms with Crippen molar-refractivity contribution < 1.29 is 13.2 Å². The number of benzene rings is 1. The summed E-state index contributed by atoms with van der Waals surface area (Å²) in [5, 5.41) is 0.436.